The molecule has 0 heterocycles. The zero-order chi connectivity index (χ0) is 18.8. The Morgan fingerprint density at radius 1 is 0.846 bits per heavy atom. The van der Waals surface area contributed by atoms with Crippen LogP contribution >= 0.6 is 0 Å². The molecular weight excluding hydrogens is 316 g/mol. The lowest BCUT2D eigenvalue weighted by Gasteiger charge is -2.33. The van der Waals surface area contributed by atoms with Crippen LogP contribution in [0.2, 0.25) is 0 Å². The van der Waals surface area contributed by atoms with Crippen molar-refractivity contribution in [2.45, 2.75) is 65.0 Å². The van der Waals surface area contributed by atoms with Gasteiger partial charge in [-0.2, -0.15) is 5.26 Å². The first kappa shape index (κ1) is 20.2. The van der Waals surface area contributed by atoms with E-state index in [1.165, 1.54) is 36.9 Å². The van der Waals surface area contributed by atoms with Gasteiger partial charge < -0.3 is 0 Å². The van der Waals surface area contributed by atoms with Crippen molar-refractivity contribution < 1.29 is 0 Å². The molecule has 0 aliphatic rings. The first-order valence-electron chi connectivity index (χ1n) is 9.89. The molecule has 26 heavy (non-hydrogen) atoms. The molecular formula is C24H32N2. The molecule has 138 valence electrons. The van der Waals surface area contributed by atoms with E-state index in [1.54, 1.807) is 0 Å². The number of nitriles is 1. The summed E-state index contributed by atoms with van der Waals surface area (Å²) in [6, 6.07) is 22.1. The molecule has 0 fully saturated rings. The Bertz CT molecular complexity index is 668. The van der Waals surface area contributed by atoms with Crippen LogP contribution in [0.3, 0.4) is 0 Å². The maximum Gasteiger partial charge on any atom is 0.0991 e. The second kappa shape index (κ2) is 10.8. The normalized spacial score (nSPS) is 12.3. The fourth-order valence-corrected chi connectivity index (χ4v) is 3.54. The molecule has 1 unspecified atom stereocenters. The average Bonchev–Trinajstić information content (AvgIpc) is 2.67. The predicted octanol–water partition coefficient (Wildman–Crippen LogP) is 5.61. The summed E-state index contributed by atoms with van der Waals surface area (Å²) >= 11 is 0. The van der Waals surface area contributed by atoms with Crippen LogP contribution in [0.5, 0.6) is 0 Å². The van der Waals surface area contributed by atoms with Crippen molar-refractivity contribution >= 4 is 0 Å². The van der Waals surface area contributed by atoms with E-state index in [2.05, 4.69) is 74.2 Å². The molecule has 0 amide bonds. The van der Waals surface area contributed by atoms with Crippen LogP contribution in [-0.2, 0) is 12.8 Å². The van der Waals surface area contributed by atoms with E-state index in [4.69, 9.17) is 5.26 Å². The van der Waals surface area contributed by atoms with Gasteiger partial charge in [0.05, 0.1) is 11.6 Å². The number of aryl methyl sites for hydroxylation is 2. The third-order valence-corrected chi connectivity index (χ3v) is 5.14. The Morgan fingerprint density at radius 3 is 2.12 bits per heavy atom. The van der Waals surface area contributed by atoms with Gasteiger partial charge in [0.2, 0.25) is 0 Å². The van der Waals surface area contributed by atoms with Crippen molar-refractivity contribution in [1.29, 1.82) is 5.26 Å². The van der Waals surface area contributed by atoms with E-state index in [0.29, 0.717) is 12.1 Å². The Balaban J connectivity index is 1.76. The highest BCUT2D eigenvalue weighted by molar-refractivity contribution is 5.31. The first-order valence-corrected chi connectivity index (χ1v) is 9.89. The summed E-state index contributed by atoms with van der Waals surface area (Å²) in [6.45, 7) is 8.12. The Labute approximate surface area is 159 Å². The molecule has 0 bridgehead atoms. The number of unbranched alkanes of at least 4 members (excludes halogenated alkanes) is 1. The fourth-order valence-electron chi connectivity index (χ4n) is 3.54. The van der Waals surface area contributed by atoms with Gasteiger partial charge in [-0.15, -0.1) is 0 Å². The minimum absolute atomic E-state index is 0.572. The summed E-state index contributed by atoms with van der Waals surface area (Å²) in [5, 5.41) is 8.90. The number of rotatable bonds is 10. The van der Waals surface area contributed by atoms with Crippen molar-refractivity contribution in [1.82, 2.24) is 4.90 Å². The van der Waals surface area contributed by atoms with Crippen LogP contribution in [-0.4, -0.2) is 23.5 Å². The lowest BCUT2D eigenvalue weighted by molar-refractivity contribution is 0.153. The minimum Gasteiger partial charge on any atom is -0.298 e. The molecule has 2 rings (SSSR count). The lowest BCUT2D eigenvalue weighted by Crippen LogP contribution is -2.39. The van der Waals surface area contributed by atoms with E-state index in [-0.39, 0.29) is 0 Å². The third kappa shape index (κ3) is 6.65. The second-order valence-corrected chi connectivity index (χ2v) is 7.47. The number of hydrogen-bond donors (Lipinski definition) is 0. The average molecular weight is 349 g/mol. The van der Waals surface area contributed by atoms with Crippen LogP contribution < -0.4 is 0 Å². The molecule has 0 radical (unpaired) electrons. The maximum absolute atomic E-state index is 8.90. The van der Waals surface area contributed by atoms with Gasteiger partial charge in [-0.3, -0.25) is 4.90 Å². The van der Waals surface area contributed by atoms with Crippen molar-refractivity contribution in [2.75, 3.05) is 6.54 Å². The lowest BCUT2D eigenvalue weighted by atomic mass is 10.0. The van der Waals surface area contributed by atoms with Gasteiger partial charge in [-0.05, 0) is 82.7 Å². The number of benzene rings is 2. The van der Waals surface area contributed by atoms with Gasteiger partial charge in [0.15, 0.2) is 0 Å². The zero-order valence-corrected chi connectivity index (χ0v) is 16.5. The number of hydrogen-bond acceptors (Lipinski definition) is 2. The Morgan fingerprint density at radius 2 is 1.50 bits per heavy atom. The van der Waals surface area contributed by atoms with Crippen LogP contribution in [0, 0.1) is 11.3 Å². The first-order chi connectivity index (χ1) is 12.6. The molecule has 0 N–H and O–H groups in total. The summed E-state index contributed by atoms with van der Waals surface area (Å²) in [4.78, 5) is 2.63. The van der Waals surface area contributed by atoms with Gasteiger partial charge >= 0.3 is 0 Å². The summed E-state index contributed by atoms with van der Waals surface area (Å²) in [5.74, 6) is 0. The highest BCUT2D eigenvalue weighted by atomic mass is 15.2. The van der Waals surface area contributed by atoms with E-state index in [1.807, 2.05) is 12.1 Å². The highest BCUT2D eigenvalue weighted by Gasteiger charge is 2.16. The van der Waals surface area contributed by atoms with E-state index in [9.17, 15) is 0 Å². The van der Waals surface area contributed by atoms with Crippen LogP contribution in [0.25, 0.3) is 0 Å². The molecule has 1 atom stereocenters. The Kier molecular flexibility index (Phi) is 8.38. The van der Waals surface area contributed by atoms with Gasteiger partial charge in [0.1, 0.15) is 0 Å². The molecule has 0 aliphatic carbocycles. The summed E-state index contributed by atoms with van der Waals surface area (Å²) < 4.78 is 0. The van der Waals surface area contributed by atoms with Gasteiger partial charge in [0.25, 0.3) is 0 Å². The van der Waals surface area contributed by atoms with Crippen LogP contribution in [0.4, 0.5) is 0 Å². The summed E-state index contributed by atoms with van der Waals surface area (Å²) in [6.07, 6.45) is 5.89. The second-order valence-electron chi connectivity index (χ2n) is 7.47. The molecule has 2 heteroatoms. The molecule has 0 aliphatic heterocycles. The summed E-state index contributed by atoms with van der Waals surface area (Å²) in [5.41, 5.74) is 3.50. The van der Waals surface area contributed by atoms with Crippen molar-refractivity contribution in [3.63, 3.8) is 0 Å². The van der Waals surface area contributed by atoms with E-state index < -0.39 is 0 Å². The predicted molar refractivity (Wildman–Crippen MR) is 110 cm³/mol. The SMILES string of the molecule is CC(C)N(CCCCc1ccccc1)C(C)CCc1ccc(C#N)cc1. The Hall–Kier alpha value is -2.11. The fraction of sp³-hybridized carbons (Fsp3) is 0.458. The van der Waals surface area contributed by atoms with Crippen molar-refractivity contribution in [3.05, 3.63) is 71.3 Å². The molecule has 2 aromatic rings. The van der Waals surface area contributed by atoms with Crippen LogP contribution in [0.1, 0.15) is 56.7 Å². The maximum atomic E-state index is 8.90. The van der Waals surface area contributed by atoms with Gasteiger partial charge in [-0.1, -0.05) is 42.5 Å². The molecule has 0 saturated carbocycles. The van der Waals surface area contributed by atoms with E-state index >= 15 is 0 Å². The highest BCUT2D eigenvalue weighted by Crippen LogP contribution is 2.15. The molecule has 2 aromatic carbocycles. The third-order valence-electron chi connectivity index (χ3n) is 5.14. The minimum atomic E-state index is 0.572. The topological polar surface area (TPSA) is 27.0 Å². The molecule has 0 saturated heterocycles. The van der Waals surface area contributed by atoms with Crippen molar-refractivity contribution in [3.8, 4) is 6.07 Å². The summed E-state index contributed by atoms with van der Waals surface area (Å²) in [7, 11) is 0. The van der Waals surface area contributed by atoms with Gasteiger partial charge in [-0.25, -0.2) is 0 Å². The smallest absolute Gasteiger partial charge is 0.0991 e. The molecule has 0 aromatic heterocycles. The standard InChI is InChI=1S/C24H32N2/c1-20(2)26(18-8-7-11-22-9-5-4-6-10-22)21(3)12-13-23-14-16-24(19-25)17-15-23/h4-6,9-10,14-17,20-21H,7-8,11-13,18H2,1-3H3. The molecule has 2 nitrogen and oxygen atoms in total. The van der Waals surface area contributed by atoms with Crippen LogP contribution in [0.15, 0.2) is 54.6 Å². The zero-order valence-electron chi connectivity index (χ0n) is 16.5. The van der Waals surface area contributed by atoms with Crippen molar-refractivity contribution in [2.24, 2.45) is 0 Å². The quantitative estimate of drug-likeness (QED) is 0.522. The van der Waals surface area contributed by atoms with Gasteiger partial charge in [0, 0.05) is 12.1 Å². The molecule has 0 spiro atoms. The number of nitrogens with zero attached hydrogens (tertiary/aromatic N) is 2. The largest absolute Gasteiger partial charge is 0.298 e. The van der Waals surface area contributed by atoms with E-state index in [0.717, 1.165) is 18.4 Å². The monoisotopic (exact) mass is 348 g/mol.